The summed E-state index contributed by atoms with van der Waals surface area (Å²) in [6.45, 7) is 0.194. The molecular formula is C19H16N2O5. The smallest absolute Gasteiger partial charge is 0.231 e. The highest BCUT2D eigenvalue weighted by molar-refractivity contribution is 5.92. The summed E-state index contributed by atoms with van der Waals surface area (Å²) in [6, 6.07) is 14.4. The van der Waals surface area contributed by atoms with Gasteiger partial charge in [0.2, 0.25) is 12.7 Å². The van der Waals surface area contributed by atoms with Crippen molar-refractivity contribution >= 4 is 11.6 Å². The van der Waals surface area contributed by atoms with Crippen molar-refractivity contribution in [1.29, 1.82) is 0 Å². The van der Waals surface area contributed by atoms with Crippen molar-refractivity contribution in [2.45, 2.75) is 6.42 Å². The molecule has 0 radical (unpaired) electrons. The van der Waals surface area contributed by atoms with E-state index in [9.17, 15) is 4.79 Å². The minimum absolute atomic E-state index is 0.105. The summed E-state index contributed by atoms with van der Waals surface area (Å²) in [5.74, 6) is 2.45. The van der Waals surface area contributed by atoms with Crippen LogP contribution in [0.2, 0.25) is 0 Å². The molecule has 132 valence electrons. The molecule has 0 atom stereocenters. The topological polar surface area (TPSA) is 82.8 Å². The molecule has 0 fully saturated rings. The summed E-state index contributed by atoms with van der Waals surface area (Å²) in [6.07, 6.45) is 0.105. The second-order valence-electron chi connectivity index (χ2n) is 5.70. The number of methoxy groups -OCH3 is 1. The van der Waals surface area contributed by atoms with E-state index in [1.165, 1.54) is 0 Å². The molecule has 1 aliphatic heterocycles. The van der Waals surface area contributed by atoms with Crippen LogP contribution in [0.4, 0.5) is 5.69 Å². The van der Waals surface area contributed by atoms with E-state index >= 15 is 0 Å². The predicted octanol–water partition coefficient (Wildman–Crippen LogP) is 3.26. The molecule has 2 heterocycles. The van der Waals surface area contributed by atoms with Crippen LogP contribution in [0, 0.1) is 0 Å². The second kappa shape index (κ2) is 6.79. The molecule has 0 saturated carbocycles. The highest BCUT2D eigenvalue weighted by Gasteiger charge is 2.15. The number of hydrogen-bond donors (Lipinski definition) is 1. The Morgan fingerprint density at radius 1 is 1.12 bits per heavy atom. The number of aromatic nitrogens is 1. The number of hydrogen-bond acceptors (Lipinski definition) is 6. The van der Waals surface area contributed by atoms with Crippen LogP contribution in [0.15, 0.2) is 53.1 Å². The molecule has 0 unspecified atom stereocenters. The van der Waals surface area contributed by atoms with E-state index in [4.69, 9.17) is 18.7 Å². The summed E-state index contributed by atoms with van der Waals surface area (Å²) in [5, 5.41) is 6.77. The monoisotopic (exact) mass is 352 g/mol. The first-order valence-corrected chi connectivity index (χ1v) is 8.01. The molecule has 0 bridgehead atoms. The van der Waals surface area contributed by atoms with E-state index in [0.29, 0.717) is 28.6 Å². The first-order chi connectivity index (χ1) is 12.7. The zero-order chi connectivity index (χ0) is 17.9. The Bertz CT molecular complexity index is 933. The third-order valence-corrected chi connectivity index (χ3v) is 3.93. The molecule has 1 amide bonds. The number of anilines is 1. The molecule has 3 aromatic rings. The fourth-order valence-electron chi connectivity index (χ4n) is 2.63. The van der Waals surface area contributed by atoms with Crippen molar-refractivity contribution in [2.75, 3.05) is 19.2 Å². The second-order valence-corrected chi connectivity index (χ2v) is 5.70. The molecule has 4 rings (SSSR count). The normalized spacial score (nSPS) is 12.0. The molecule has 1 aliphatic rings. The SMILES string of the molecule is COc1ccc(-c2cc(CC(=O)Nc3ccc4c(c3)OCO4)no2)cc1. The molecule has 0 saturated heterocycles. The summed E-state index contributed by atoms with van der Waals surface area (Å²) in [7, 11) is 1.61. The van der Waals surface area contributed by atoms with Crippen LogP contribution in [0.25, 0.3) is 11.3 Å². The van der Waals surface area contributed by atoms with Crippen molar-refractivity contribution in [1.82, 2.24) is 5.16 Å². The Morgan fingerprint density at radius 2 is 1.92 bits per heavy atom. The first kappa shape index (κ1) is 16.0. The number of carbonyl (C=O) groups excluding carboxylic acids is 1. The van der Waals surface area contributed by atoms with Crippen LogP contribution in [0.5, 0.6) is 17.2 Å². The van der Waals surface area contributed by atoms with Crippen LogP contribution in [-0.2, 0) is 11.2 Å². The zero-order valence-electron chi connectivity index (χ0n) is 14.0. The van der Waals surface area contributed by atoms with Crippen LogP contribution >= 0.6 is 0 Å². The van der Waals surface area contributed by atoms with Gasteiger partial charge in [0, 0.05) is 23.4 Å². The van der Waals surface area contributed by atoms with E-state index in [2.05, 4.69) is 10.5 Å². The van der Waals surface area contributed by atoms with E-state index in [-0.39, 0.29) is 19.1 Å². The number of carbonyl (C=O) groups is 1. The van der Waals surface area contributed by atoms with E-state index in [0.717, 1.165) is 11.3 Å². The Morgan fingerprint density at radius 3 is 2.73 bits per heavy atom. The number of amides is 1. The van der Waals surface area contributed by atoms with Gasteiger partial charge in [0.1, 0.15) is 5.75 Å². The molecule has 7 heteroatoms. The quantitative estimate of drug-likeness (QED) is 0.759. The third-order valence-electron chi connectivity index (χ3n) is 3.93. The van der Waals surface area contributed by atoms with Crippen LogP contribution in [0.3, 0.4) is 0 Å². The van der Waals surface area contributed by atoms with Gasteiger partial charge in [-0.15, -0.1) is 0 Å². The number of fused-ring (bicyclic) bond motifs is 1. The van der Waals surface area contributed by atoms with Gasteiger partial charge in [0.05, 0.1) is 19.2 Å². The van der Waals surface area contributed by atoms with Gasteiger partial charge in [0.25, 0.3) is 0 Å². The van der Waals surface area contributed by atoms with E-state index in [1.807, 2.05) is 24.3 Å². The number of ether oxygens (including phenoxy) is 3. The van der Waals surface area contributed by atoms with Crippen molar-refractivity contribution < 1.29 is 23.5 Å². The third kappa shape index (κ3) is 3.32. The molecule has 2 aromatic carbocycles. The van der Waals surface area contributed by atoms with Gasteiger partial charge in [-0.3, -0.25) is 4.79 Å². The molecule has 1 N–H and O–H groups in total. The van der Waals surface area contributed by atoms with Gasteiger partial charge in [0.15, 0.2) is 17.3 Å². The number of rotatable bonds is 5. The van der Waals surface area contributed by atoms with Crippen molar-refractivity contribution in [3.8, 4) is 28.6 Å². The van der Waals surface area contributed by atoms with Crippen molar-refractivity contribution in [3.63, 3.8) is 0 Å². The Labute approximate surface area is 149 Å². The zero-order valence-corrected chi connectivity index (χ0v) is 14.0. The lowest BCUT2D eigenvalue weighted by molar-refractivity contribution is -0.115. The largest absolute Gasteiger partial charge is 0.497 e. The van der Waals surface area contributed by atoms with Crippen molar-refractivity contribution in [2.24, 2.45) is 0 Å². The molecule has 1 aromatic heterocycles. The minimum Gasteiger partial charge on any atom is -0.497 e. The predicted molar refractivity (Wildman–Crippen MR) is 93.4 cm³/mol. The van der Waals surface area contributed by atoms with Gasteiger partial charge in [-0.2, -0.15) is 0 Å². The lowest BCUT2D eigenvalue weighted by Gasteiger charge is -2.04. The highest BCUT2D eigenvalue weighted by atomic mass is 16.7. The summed E-state index contributed by atoms with van der Waals surface area (Å²) in [4.78, 5) is 12.2. The summed E-state index contributed by atoms with van der Waals surface area (Å²) < 4.78 is 21.0. The Kier molecular flexibility index (Phi) is 4.18. The highest BCUT2D eigenvalue weighted by Crippen LogP contribution is 2.34. The minimum atomic E-state index is -0.196. The average molecular weight is 352 g/mol. The van der Waals surface area contributed by atoms with Crippen LogP contribution < -0.4 is 19.5 Å². The fraction of sp³-hybridized carbons (Fsp3) is 0.158. The molecular weight excluding hydrogens is 336 g/mol. The van der Waals surface area contributed by atoms with Crippen molar-refractivity contribution in [3.05, 3.63) is 54.2 Å². The van der Waals surface area contributed by atoms with Gasteiger partial charge >= 0.3 is 0 Å². The van der Waals surface area contributed by atoms with Crippen LogP contribution in [-0.4, -0.2) is 25.0 Å². The molecule has 26 heavy (non-hydrogen) atoms. The standard InChI is InChI=1S/C19H16N2O5/c1-23-15-5-2-12(3-6-15)17-9-14(21-26-17)10-19(22)20-13-4-7-16-18(8-13)25-11-24-16/h2-9H,10-11H2,1H3,(H,20,22). The maximum absolute atomic E-state index is 12.2. The number of nitrogens with one attached hydrogen (secondary N) is 1. The first-order valence-electron chi connectivity index (χ1n) is 8.01. The summed E-state index contributed by atoms with van der Waals surface area (Å²) >= 11 is 0. The van der Waals surface area contributed by atoms with Crippen LogP contribution in [0.1, 0.15) is 5.69 Å². The van der Waals surface area contributed by atoms with E-state index in [1.54, 1.807) is 31.4 Å². The molecule has 0 spiro atoms. The molecule has 7 nitrogen and oxygen atoms in total. The van der Waals surface area contributed by atoms with Gasteiger partial charge in [-0.25, -0.2) is 0 Å². The number of nitrogens with zero attached hydrogens (tertiary/aromatic N) is 1. The van der Waals surface area contributed by atoms with E-state index < -0.39 is 0 Å². The number of benzene rings is 2. The maximum Gasteiger partial charge on any atom is 0.231 e. The van der Waals surface area contributed by atoms with Gasteiger partial charge < -0.3 is 24.1 Å². The van der Waals surface area contributed by atoms with Gasteiger partial charge in [-0.1, -0.05) is 5.16 Å². The average Bonchev–Trinajstić information content (AvgIpc) is 3.30. The van der Waals surface area contributed by atoms with Gasteiger partial charge in [-0.05, 0) is 36.4 Å². The fourth-order valence-corrected chi connectivity index (χ4v) is 2.63. The lowest BCUT2D eigenvalue weighted by atomic mass is 10.1. The lowest BCUT2D eigenvalue weighted by Crippen LogP contribution is -2.14. The molecule has 0 aliphatic carbocycles. The summed E-state index contributed by atoms with van der Waals surface area (Å²) in [5.41, 5.74) is 2.05. The Hall–Kier alpha value is -3.48. The Balaban J connectivity index is 1.41. The maximum atomic E-state index is 12.2.